The van der Waals surface area contributed by atoms with Crippen LogP contribution in [0.1, 0.15) is 59.4 Å². The van der Waals surface area contributed by atoms with E-state index in [0.29, 0.717) is 6.04 Å². The molecule has 1 fully saturated rings. The molecule has 8 heteroatoms. The second-order valence-corrected chi connectivity index (χ2v) is 11.3. The van der Waals surface area contributed by atoms with E-state index < -0.39 is 0 Å². The number of thiophene rings is 1. The van der Waals surface area contributed by atoms with Crippen LogP contribution in [-0.2, 0) is 19.5 Å². The van der Waals surface area contributed by atoms with Gasteiger partial charge in [-0.25, -0.2) is 15.0 Å². The monoisotopic (exact) mass is 518 g/mol. The second-order valence-electron chi connectivity index (χ2n) is 10.1. The number of piperidine rings is 1. The topological polar surface area (TPSA) is 68.1 Å². The Labute approximate surface area is 223 Å². The summed E-state index contributed by atoms with van der Waals surface area (Å²) in [5.74, 6) is 3.93. The molecule has 5 rings (SSSR count). The van der Waals surface area contributed by atoms with Crippen LogP contribution < -0.4 is 10.1 Å². The average Bonchev–Trinajstić information content (AvgIpc) is 3.42. The molecular formula is C29H38N6OS. The van der Waals surface area contributed by atoms with E-state index in [0.717, 1.165) is 79.9 Å². The Bertz CT molecular complexity index is 1370. The fourth-order valence-electron chi connectivity index (χ4n) is 5.23. The van der Waals surface area contributed by atoms with Gasteiger partial charge in [-0.15, -0.1) is 11.3 Å². The summed E-state index contributed by atoms with van der Waals surface area (Å²) >= 11 is 1.79. The lowest BCUT2D eigenvalue weighted by atomic mass is 10.0. The number of aryl methyl sites for hydroxylation is 4. The summed E-state index contributed by atoms with van der Waals surface area (Å²) in [4.78, 5) is 19.2. The van der Waals surface area contributed by atoms with Gasteiger partial charge >= 0.3 is 0 Å². The van der Waals surface area contributed by atoms with E-state index in [1.54, 1.807) is 18.4 Å². The summed E-state index contributed by atoms with van der Waals surface area (Å²) in [6.45, 7) is 12.5. The van der Waals surface area contributed by atoms with Crippen LogP contribution in [0.2, 0.25) is 0 Å². The molecular weight excluding hydrogens is 480 g/mol. The van der Waals surface area contributed by atoms with E-state index in [9.17, 15) is 0 Å². The highest BCUT2D eigenvalue weighted by Gasteiger charge is 2.22. The van der Waals surface area contributed by atoms with Gasteiger partial charge < -0.3 is 14.6 Å². The zero-order valence-electron chi connectivity index (χ0n) is 22.7. The Hall–Kier alpha value is -2.97. The summed E-state index contributed by atoms with van der Waals surface area (Å²) in [7, 11) is 1.74. The fraction of sp³-hybridized carbons (Fsp3) is 0.483. The van der Waals surface area contributed by atoms with Crippen LogP contribution in [0.15, 0.2) is 30.6 Å². The van der Waals surface area contributed by atoms with Crippen LogP contribution in [-0.4, -0.2) is 50.7 Å². The van der Waals surface area contributed by atoms with Gasteiger partial charge in [-0.3, -0.25) is 4.90 Å². The van der Waals surface area contributed by atoms with Gasteiger partial charge in [0.25, 0.3) is 0 Å². The highest BCUT2D eigenvalue weighted by atomic mass is 32.1. The van der Waals surface area contributed by atoms with Crippen molar-refractivity contribution in [1.82, 2.24) is 24.4 Å². The second kappa shape index (κ2) is 11.2. The number of methoxy groups -OCH3 is 1. The third-order valence-electron chi connectivity index (χ3n) is 7.49. The highest BCUT2D eigenvalue weighted by Crippen LogP contribution is 2.34. The number of rotatable bonds is 9. The largest absolute Gasteiger partial charge is 0.496 e. The first-order valence-corrected chi connectivity index (χ1v) is 14.2. The van der Waals surface area contributed by atoms with Gasteiger partial charge in [-0.2, -0.15) is 0 Å². The molecule has 0 unspecified atom stereocenters. The number of aromatic nitrogens is 4. The molecule has 1 aromatic carbocycles. The molecule has 0 radical (unpaired) electrons. The number of nitrogens with zero attached hydrogens (tertiary/aromatic N) is 5. The lowest BCUT2D eigenvalue weighted by Gasteiger charge is -2.33. The lowest BCUT2D eigenvalue weighted by molar-refractivity contribution is 0.211. The van der Waals surface area contributed by atoms with Gasteiger partial charge in [-0.05, 0) is 63.3 Å². The molecule has 7 nitrogen and oxygen atoms in total. The molecule has 37 heavy (non-hydrogen) atoms. The zero-order valence-corrected chi connectivity index (χ0v) is 23.5. The molecule has 1 aliphatic heterocycles. The molecule has 3 aromatic heterocycles. The van der Waals surface area contributed by atoms with Gasteiger partial charge in [0.15, 0.2) is 0 Å². The predicted molar refractivity (Wildman–Crippen MR) is 152 cm³/mol. The molecule has 1 N–H and O–H groups in total. The SMILES string of the molecule is CCCc1nc(NC2CCN(Cc3ccc(OC)c(Cn4ccnc4C)c3)CC2)c2c(C)c(C)sc2n1. The van der Waals surface area contributed by atoms with Crippen molar-refractivity contribution in [2.75, 3.05) is 25.5 Å². The average molecular weight is 519 g/mol. The maximum atomic E-state index is 5.65. The van der Waals surface area contributed by atoms with Crippen molar-refractivity contribution in [2.45, 2.75) is 72.5 Å². The van der Waals surface area contributed by atoms with Gasteiger partial charge in [-0.1, -0.05) is 13.0 Å². The third-order valence-corrected chi connectivity index (χ3v) is 8.59. The molecule has 196 valence electrons. The maximum absolute atomic E-state index is 5.65. The first-order chi connectivity index (χ1) is 17.9. The van der Waals surface area contributed by atoms with E-state index >= 15 is 0 Å². The van der Waals surface area contributed by atoms with Gasteiger partial charge in [0.05, 0.1) is 19.0 Å². The third kappa shape index (κ3) is 5.65. The molecule has 1 aliphatic rings. The highest BCUT2D eigenvalue weighted by molar-refractivity contribution is 7.18. The lowest BCUT2D eigenvalue weighted by Crippen LogP contribution is -2.38. The summed E-state index contributed by atoms with van der Waals surface area (Å²) in [5.41, 5.74) is 3.82. The standard InChI is InChI=1S/C29H38N6OS/c1-6-7-26-32-28(27-19(2)20(3)37-29(27)33-26)31-24-10-13-34(14-11-24)17-22-8-9-25(36-5)23(16-22)18-35-15-12-30-21(35)4/h8-9,12,15-16,24H,6-7,10-11,13-14,17-18H2,1-5H3,(H,31,32,33). The minimum absolute atomic E-state index is 0.430. The van der Waals surface area contributed by atoms with E-state index in [2.05, 4.69) is 58.7 Å². The van der Waals surface area contributed by atoms with Gasteiger partial charge in [0.1, 0.15) is 28.0 Å². The molecule has 0 aliphatic carbocycles. The fourth-order valence-corrected chi connectivity index (χ4v) is 6.28. The molecule has 4 aromatic rings. The van der Waals surface area contributed by atoms with Crippen LogP contribution in [0.25, 0.3) is 10.2 Å². The molecule has 0 spiro atoms. The molecule has 0 amide bonds. The van der Waals surface area contributed by atoms with Crippen LogP contribution >= 0.6 is 11.3 Å². The Morgan fingerprint density at radius 1 is 1.11 bits per heavy atom. The molecule has 1 saturated heterocycles. The Kier molecular flexibility index (Phi) is 7.76. The van der Waals surface area contributed by atoms with Gasteiger partial charge in [0, 0.05) is 54.9 Å². The van der Waals surface area contributed by atoms with E-state index in [1.807, 2.05) is 19.3 Å². The number of nitrogens with one attached hydrogen (secondary N) is 1. The summed E-state index contributed by atoms with van der Waals surface area (Å²) in [6, 6.07) is 7.02. The number of benzene rings is 1. The van der Waals surface area contributed by atoms with E-state index in [1.165, 1.54) is 27.0 Å². The van der Waals surface area contributed by atoms with Crippen LogP contribution in [0.5, 0.6) is 5.75 Å². The number of hydrogen-bond donors (Lipinski definition) is 1. The minimum Gasteiger partial charge on any atom is -0.496 e. The van der Waals surface area contributed by atoms with Gasteiger partial charge in [0.2, 0.25) is 0 Å². The molecule has 0 bridgehead atoms. The molecule has 4 heterocycles. The number of likely N-dealkylation sites (tertiary alicyclic amines) is 1. The number of anilines is 1. The maximum Gasteiger partial charge on any atom is 0.139 e. The first-order valence-electron chi connectivity index (χ1n) is 13.3. The Balaban J connectivity index is 1.24. The minimum atomic E-state index is 0.430. The normalized spacial score (nSPS) is 14.9. The number of imidazole rings is 1. The van der Waals surface area contributed by atoms with Crippen molar-refractivity contribution in [1.29, 1.82) is 0 Å². The Morgan fingerprint density at radius 2 is 1.92 bits per heavy atom. The van der Waals surface area contributed by atoms with Crippen LogP contribution in [0, 0.1) is 20.8 Å². The zero-order chi connectivity index (χ0) is 25.9. The van der Waals surface area contributed by atoms with Crippen molar-refractivity contribution in [2.24, 2.45) is 0 Å². The van der Waals surface area contributed by atoms with Crippen molar-refractivity contribution >= 4 is 27.4 Å². The number of ether oxygens (including phenoxy) is 1. The van der Waals surface area contributed by atoms with E-state index in [4.69, 9.17) is 14.7 Å². The van der Waals surface area contributed by atoms with Crippen LogP contribution in [0.4, 0.5) is 5.82 Å². The summed E-state index contributed by atoms with van der Waals surface area (Å²) in [5, 5.41) is 5.03. The van der Waals surface area contributed by atoms with Crippen molar-refractivity contribution in [3.63, 3.8) is 0 Å². The smallest absolute Gasteiger partial charge is 0.139 e. The summed E-state index contributed by atoms with van der Waals surface area (Å²) in [6.07, 6.45) is 8.06. The Morgan fingerprint density at radius 3 is 2.62 bits per heavy atom. The number of hydrogen-bond acceptors (Lipinski definition) is 7. The first kappa shape index (κ1) is 25.7. The number of fused-ring (bicyclic) bond motifs is 1. The van der Waals surface area contributed by atoms with Crippen molar-refractivity contribution in [3.8, 4) is 5.75 Å². The summed E-state index contributed by atoms with van der Waals surface area (Å²) < 4.78 is 7.81. The predicted octanol–water partition coefficient (Wildman–Crippen LogP) is 5.90. The van der Waals surface area contributed by atoms with Crippen LogP contribution in [0.3, 0.4) is 0 Å². The van der Waals surface area contributed by atoms with Crippen molar-refractivity contribution < 1.29 is 4.74 Å². The molecule has 0 saturated carbocycles. The quantitative estimate of drug-likeness (QED) is 0.298. The van der Waals surface area contributed by atoms with E-state index in [-0.39, 0.29) is 0 Å². The molecule has 0 atom stereocenters. The van der Waals surface area contributed by atoms with Crippen molar-refractivity contribution in [3.05, 3.63) is 63.8 Å².